The first-order valence-corrected chi connectivity index (χ1v) is 11.3. The highest BCUT2D eigenvalue weighted by Crippen LogP contribution is 2.44. The molecular weight excluding hydrogens is 462 g/mol. The molecule has 1 aliphatic rings. The maximum Gasteiger partial charge on any atom is 0.340 e. The van der Waals surface area contributed by atoms with Crippen LogP contribution in [0.3, 0.4) is 0 Å². The van der Waals surface area contributed by atoms with Crippen LogP contribution < -0.4 is 10.8 Å². The number of hydrogen-bond acceptors (Lipinski definition) is 7. The Morgan fingerprint density at radius 1 is 0.917 bits per heavy atom. The fraction of sp³-hybridized carbons (Fsp3) is 0.222. The van der Waals surface area contributed by atoms with E-state index in [0.29, 0.717) is 44.9 Å². The van der Waals surface area contributed by atoms with Crippen LogP contribution in [0.4, 0.5) is 5.69 Å². The maximum absolute atomic E-state index is 13.6. The Hall–Kier alpha value is -4.37. The van der Waals surface area contributed by atoms with Gasteiger partial charge in [0.25, 0.3) is 0 Å². The Kier molecular flexibility index (Phi) is 6.67. The fourth-order valence-corrected chi connectivity index (χ4v) is 4.54. The molecule has 0 aliphatic heterocycles. The van der Waals surface area contributed by atoms with Gasteiger partial charge in [-0.25, -0.2) is 10.3 Å². The van der Waals surface area contributed by atoms with E-state index in [1.54, 1.807) is 25.1 Å². The lowest BCUT2D eigenvalue weighted by Gasteiger charge is -2.16. The van der Waals surface area contributed by atoms with Gasteiger partial charge in [0.2, 0.25) is 11.8 Å². The lowest BCUT2D eigenvalue weighted by atomic mass is 9.90. The first-order chi connectivity index (χ1) is 17.1. The number of ether oxygens (including phenoxy) is 1. The minimum Gasteiger partial charge on any atom is -0.465 e. The number of hydroxylamine groups is 1. The summed E-state index contributed by atoms with van der Waals surface area (Å²) in [6.07, 6.45) is -0.305. The predicted molar refractivity (Wildman–Crippen MR) is 132 cm³/mol. The second-order valence-corrected chi connectivity index (χ2v) is 8.71. The Morgan fingerprint density at radius 3 is 2.22 bits per heavy atom. The van der Waals surface area contributed by atoms with Crippen molar-refractivity contribution < 1.29 is 29.1 Å². The zero-order valence-corrected chi connectivity index (χ0v) is 20.3. The van der Waals surface area contributed by atoms with Gasteiger partial charge in [-0.3, -0.25) is 24.6 Å². The summed E-state index contributed by atoms with van der Waals surface area (Å²) in [6, 6.07) is 10.7. The monoisotopic (exact) mass is 487 g/mol. The zero-order chi connectivity index (χ0) is 26.1. The predicted octanol–water partition coefficient (Wildman–Crippen LogP) is 3.90. The second kappa shape index (κ2) is 9.71. The number of esters is 1. The van der Waals surface area contributed by atoms with Gasteiger partial charge in [-0.15, -0.1) is 0 Å². The lowest BCUT2D eigenvalue weighted by Crippen LogP contribution is -2.21. The van der Waals surface area contributed by atoms with Crippen molar-refractivity contribution in [2.45, 2.75) is 33.6 Å². The highest BCUT2D eigenvalue weighted by atomic mass is 16.5. The van der Waals surface area contributed by atoms with E-state index in [-0.39, 0.29) is 24.2 Å². The number of carbonyl (C=O) groups excluding carboxylic acids is 4. The molecule has 0 radical (unpaired) electrons. The van der Waals surface area contributed by atoms with E-state index in [2.05, 4.69) is 10.3 Å². The standard InChI is InChI=1S/C27H25N3O6/c1-13-9-14(2)11-16(10-13)23-22(27(34)36-4)15(3)28-25-19-12-17(5-6-18(19)26(33)24(23)25)29-20(31)7-8-21(32)30-35/h5-6,9-12,35H,7-8H2,1-4H3,(H,29,31)(H,30,32). The molecule has 3 aromatic rings. The van der Waals surface area contributed by atoms with E-state index in [9.17, 15) is 19.2 Å². The number of aromatic nitrogens is 1. The number of nitrogens with one attached hydrogen (secondary N) is 2. The average Bonchev–Trinajstić information content (AvgIpc) is 3.11. The van der Waals surface area contributed by atoms with E-state index in [0.717, 1.165) is 11.1 Å². The van der Waals surface area contributed by atoms with Crippen LogP contribution in [0.2, 0.25) is 0 Å². The van der Waals surface area contributed by atoms with Gasteiger partial charge in [0.15, 0.2) is 5.78 Å². The van der Waals surface area contributed by atoms with Crippen molar-refractivity contribution in [2.75, 3.05) is 12.4 Å². The first kappa shape index (κ1) is 24.7. The molecule has 4 rings (SSSR count). The molecule has 0 saturated heterocycles. The molecule has 1 aromatic heterocycles. The van der Waals surface area contributed by atoms with Gasteiger partial charge >= 0.3 is 5.97 Å². The lowest BCUT2D eigenvalue weighted by molar-refractivity contribution is -0.131. The van der Waals surface area contributed by atoms with Crippen LogP contribution in [-0.4, -0.2) is 40.9 Å². The van der Waals surface area contributed by atoms with Crippen molar-refractivity contribution in [3.05, 3.63) is 69.9 Å². The Balaban J connectivity index is 1.85. The highest BCUT2D eigenvalue weighted by molar-refractivity contribution is 6.26. The van der Waals surface area contributed by atoms with Gasteiger partial charge < -0.3 is 10.1 Å². The topological polar surface area (TPSA) is 135 Å². The summed E-state index contributed by atoms with van der Waals surface area (Å²) in [4.78, 5) is 54.5. The molecular formula is C27H25N3O6. The van der Waals surface area contributed by atoms with Crippen LogP contribution in [0.25, 0.3) is 22.4 Å². The third-order valence-corrected chi connectivity index (χ3v) is 6.01. The van der Waals surface area contributed by atoms with Crippen molar-refractivity contribution in [1.29, 1.82) is 0 Å². The van der Waals surface area contributed by atoms with Crippen molar-refractivity contribution in [1.82, 2.24) is 10.5 Å². The summed E-state index contributed by atoms with van der Waals surface area (Å²) >= 11 is 0. The number of pyridine rings is 1. The molecule has 2 amide bonds. The van der Waals surface area contributed by atoms with Crippen molar-refractivity contribution in [2.24, 2.45) is 0 Å². The van der Waals surface area contributed by atoms with Crippen molar-refractivity contribution in [3.8, 4) is 22.4 Å². The quantitative estimate of drug-likeness (QED) is 0.213. The number of amides is 2. The summed E-state index contributed by atoms with van der Waals surface area (Å²) in [7, 11) is 1.29. The number of anilines is 1. The fourth-order valence-electron chi connectivity index (χ4n) is 4.54. The van der Waals surface area contributed by atoms with Gasteiger partial charge in [0, 0.05) is 35.2 Å². The van der Waals surface area contributed by atoms with Crippen molar-refractivity contribution >= 4 is 29.3 Å². The second-order valence-electron chi connectivity index (χ2n) is 8.71. The molecule has 0 atom stereocenters. The van der Waals surface area contributed by atoms with Gasteiger partial charge in [0.1, 0.15) is 0 Å². The molecule has 9 nitrogen and oxygen atoms in total. The van der Waals surface area contributed by atoms with E-state index in [1.807, 2.05) is 32.0 Å². The number of carbonyl (C=O) groups is 4. The molecule has 36 heavy (non-hydrogen) atoms. The van der Waals surface area contributed by atoms with Gasteiger partial charge in [-0.05, 0) is 44.5 Å². The summed E-state index contributed by atoms with van der Waals surface area (Å²) in [5, 5.41) is 11.3. The number of methoxy groups -OCH3 is 1. The SMILES string of the molecule is COC(=O)c1c(C)nc2c(c1-c1cc(C)cc(C)c1)C(=O)c1ccc(NC(=O)CCC(=O)NO)cc1-2. The summed E-state index contributed by atoms with van der Waals surface area (Å²) < 4.78 is 5.04. The Morgan fingerprint density at radius 2 is 1.58 bits per heavy atom. The smallest absolute Gasteiger partial charge is 0.340 e. The Labute approximate surface area is 207 Å². The molecule has 0 spiro atoms. The number of rotatable bonds is 6. The third kappa shape index (κ3) is 4.48. The molecule has 3 N–H and O–H groups in total. The molecule has 1 aliphatic carbocycles. The van der Waals surface area contributed by atoms with Crippen LogP contribution >= 0.6 is 0 Å². The van der Waals surface area contributed by atoms with Crippen LogP contribution in [-0.2, 0) is 14.3 Å². The minimum atomic E-state index is -0.668. The Bertz CT molecular complexity index is 1420. The zero-order valence-electron chi connectivity index (χ0n) is 20.3. The van der Waals surface area contributed by atoms with Crippen LogP contribution in [0.1, 0.15) is 55.9 Å². The first-order valence-electron chi connectivity index (χ1n) is 11.3. The number of hydrogen-bond donors (Lipinski definition) is 3. The van der Waals surface area contributed by atoms with E-state index < -0.39 is 17.8 Å². The molecule has 0 bridgehead atoms. The van der Waals surface area contributed by atoms with Crippen LogP contribution in [0.15, 0.2) is 36.4 Å². The molecule has 9 heteroatoms. The molecule has 1 heterocycles. The summed E-state index contributed by atoms with van der Waals surface area (Å²) in [5.41, 5.74) is 7.37. The molecule has 0 saturated carbocycles. The average molecular weight is 488 g/mol. The number of benzene rings is 2. The molecule has 2 aromatic carbocycles. The largest absolute Gasteiger partial charge is 0.465 e. The van der Waals surface area contributed by atoms with Crippen LogP contribution in [0, 0.1) is 20.8 Å². The normalized spacial score (nSPS) is 11.5. The maximum atomic E-state index is 13.6. The van der Waals surface area contributed by atoms with Gasteiger partial charge in [0.05, 0.1) is 29.6 Å². The number of aryl methyl sites for hydroxylation is 3. The van der Waals surface area contributed by atoms with Crippen molar-refractivity contribution in [3.63, 3.8) is 0 Å². The molecule has 184 valence electrons. The number of ketones is 1. The highest BCUT2D eigenvalue weighted by Gasteiger charge is 2.35. The number of nitrogens with zero attached hydrogens (tertiary/aromatic N) is 1. The van der Waals surface area contributed by atoms with Crippen LogP contribution in [0.5, 0.6) is 0 Å². The third-order valence-electron chi connectivity index (χ3n) is 6.01. The summed E-state index contributed by atoms with van der Waals surface area (Å²) in [6.45, 7) is 5.58. The van der Waals surface area contributed by atoms with Gasteiger partial charge in [-0.1, -0.05) is 29.3 Å². The number of fused-ring (bicyclic) bond motifs is 3. The van der Waals surface area contributed by atoms with E-state index in [4.69, 9.17) is 9.94 Å². The summed E-state index contributed by atoms with van der Waals surface area (Å²) in [5.74, 6) is -1.95. The molecule has 0 fully saturated rings. The van der Waals surface area contributed by atoms with Gasteiger partial charge in [-0.2, -0.15) is 0 Å². The van der Waals surface area contributed by atoms with E-state index >= 15 is 0 Å². The van der Waals surface area contributed by atoms with E-state index in [1.165, 1.54) is 12.6 Å². The minimum absolute atomic E-state index is 0.129. The molecule has 0 unspecified atom stereocenters.